The third kappa shape index (κ3) is 4.35. The molecule has 0 bridgehead atoms. The summed E-state index contributed by atoms with van der Waals surface area (Å²) < 4.78 is 1.41. The minimum absolute atomic E-state index is 0.00917. The van der Waals surface area contributed by atoms with Crippen LogP contribution in [0.2, 0.25) is 10.0 Å². The zero-order valence-electron chi connectivity index (χ0n) is 15.5. The fourth-order valence-corrected chi connectivity index (χ4v) is 2.91. The molecular formula is C20H18Cl2N4O2. The molecule has 2 N–H and O–H groups in total. The average molecular weight is 417 g/mol. The van der Waals surface area contributed by atoms with E-state index in [-0.39, 0.29) is 11.3 Å². The van der Waals surface area contributed by atoms with Crippen molar-refractivity contribution in [3.8, 4) is 0 Å². The van der Waals surface area contributed by atoms with E-state index in [1.807, 2.05) is 13.8 Å². The van der Waals surface area contributed by atoms with Crippen molar-refractivity contribution in [2.24, 2.45) is 7.05 Å². The van der Waals surface area contributed by atoms with Gasteiger partial charge in [-0.3, -0.25) is 14.3 Å². The van der Waals surface area contributed by atoms with Crippen LogP contribution in [0.5, 0.6) is 0 Å². The molecule has 1 heterocycles. The lowest BCUT2D eigenvalue weighted by atomic mass is 10.2. The highest BCUT2D eigenvalue weighted by atomic mass is 35.5. The van der Waals surface area contributed by atoms with Gasteiger partial charge in [-0.2, -0.15) is 5.10 Å². The molecule has 0 saturated carbocycles. The van der Waals surface area contributed by atoms with Gasteiger partial charge in [-0.05, 0) is 49.2 Å². The van der Waals surface area contributed by atoms with Crippen LogP contribution in [0.4, 0.5) is 11.4 Å². The van der Waals surface area contributed by atoms with Gasteiger partial charge in [-0.15, -0.1) is 0 Å². The molecule has 1 aromatic heterocycles. The summed E-state index contributed by atoms with van der Waals surface area (Å²) in [4.78, 5) is 25.4. The lowest BCUT2D eigenvalue weighted by Gasteiger charge is -2.08. The smallest absolute Gasteiger partial charge is 0.276 e. The van der Waals surface area contributed by atoms with Crippen molar-refractivity contribution in [2.45, 2.75) is 13.8 Å². The van der Waals surface area contributed by atoms with Crippen LogP contribution in [0.15, 0.2) is 42.6 Å². The number of halogens is 2. The highest BCUT2D eigenvalue weighted by molar-refractivity contribution is 6.32. The van der Waals surface area contributed by atoms with E-state index >= 15 is 0 Å². The minimum Gasteiger partial charge on any atom is -0.322 e. The van der Waals surface area contributed by atoms with Gasteiger partial charge in [0.2, 0.25) is 0 Å². The number of hydrogen-bond donors (Lipinski definition) is 2. The van der Waals surface area contributed by atoms with Crippen molar-refractivity contribution >= 4 is 46.4 Å². The summed E-state index contributed by atoms with van der Waals surface area (Å²) in [6.07, 6.45) is 1.49. The minimum atomic E-state index is -0.507. The van der Waals surface area contributed by atoms with Gasteiger partial charge >= 0.3 is 0 Å². The summed E-state index contributed by atoms with van der Waals surface area (Å²) in [5, 5.41) is 10.7. The Balaban J connectivity index is 1.83. The molecule has 0 unspecified atom stereocenters. The van der Waals surface area contributed by atoms with Crippen molar-refractivity contribution in [2.75, 3.05) is 10.6 Å². The second-order valence-electron chi connectivity index (χ2n) is 6.40. The number of aryl methyl sites for hydroxylation is 3. The molecule has 6 nitrogen and oxygen atoms in total. The van der Waals surface area contributed by atoms with Gasteiger partial charge in [0.05, 0.1) is 5.56 Å². The predicted molar refractivity (Wildman–Crippen MR) is 111 cm³/mol. The van der Waals surface area contributed by atoms with E-state index in [4.69, 9.17) is 23.2 Å². The largest absolute Gasteiger partial charge is 0.322 e. The van der Waals surface area contributed by atoms with E-state index in [0.29, 0.717) is 21.4 Å². The Bertz CT molecular complexity index is 993. The number of rotatable bonds is 4. The van der Waals surface area contributed by atoms with Crippen LogP contribution in [0.25, 0.3) is 0 Å². The van der Waals surface area contributed by atoms with Gasteiger partial charge in [-0.25, -0.2) is 0 Å². The van der Waals surface area contributed by atoms with E-state index in [1.54, 1.807) is 43.4 Å². The van der Waals surface area contributed by atoms with Crippen molar-refractivity contribution in [3.63, 3.8) is 0 Å². The maximum Gasteiger partial charge on any atom is 0.276 e. The van der Waals surface area contributed by atoms with E-state index in [2.05, 4.69) is 15.7 Å². The van der Waals surface area contributed by atoms with Crippen molar-refractivity contribution < 1.29 is 9.59 Å². The molecule has 3 rings (SSSR count). The lowest BCUT2D eigenvalue weighted by molar-refractivity contribution is 0.0988. The molecule has 2 aromatic carbocycles. The van der Waals surface area contributed by atoms with Gasteiger partial charge in [-0.1, -0.05) is 35.3 Å². The maximum atomic E-state index is 12.7. The van der Waals surface area contributed by atoms with E-state index in [9.17, 15) is 9.59 Å². The molecule has 0 spiro atoms. The highest BCUT2D eigenvalue weighted by Gasteiger charge is 2.22. The van der Waals surface area contributed by atoms with E-state index < -0.39 is 11.8 Å². The van der Waals surface area contributed by atoms with Crippen LogP contribution in [0.3, 0.4) is 0 Å². The number of nitrogens with one attached hydrogen (secondary N) is 2. The van der Waals surface area contributed by atoms with Crippen LogP contribution in [-0.2, 0) is 7.05 Å². The average Bonchev–Trinajstić information content (AvgIpc) is 3.03. The van der Waals surface area contributed by atoms with Crippen LogP contribution in [0, 0.1) is 13.8 Å². The predicted octanol–water partition coefficient (Wildman–Crippen LogP) is 4.85. The molecule has 0 aliphatic carbocycles. The molecule has 0 aliphatic rings. The first-order chi connectivity index (χ1) is 13.2. The molecule has 28 heavy (non-hydrogen) atoms. The Labute approximate surface area is 172 Å². The SMILES string of the molecule is Cc1ccc(NC(=O)c2cn(C)nc2C(=O)Nc2ccc(C)c(Cl)c2)cc1Cl. The zero-order chi connectivity index (χ0) is 20.4. The normalized spacial score (nSPS) is 10.6. The first-order valence-corrected chi connectivity index (χ1v) is 9.19. The molecule has 0 radical (unpaired) electrons. The van der Waals surface area contributed by atoms with Gasteiger partial charge in [0.15, 0.2) is 5.69 Å². The van der Waals surface area contributed by atoms with Crippen LogP contribution in [-0.4, -0.2) is 21.6 Å². The molecule has 0 saturated heterocycles. The van der Waals surface area contributed by atoms with E-state index in [1.165, 1.54) is 10.9 Å². The first kappa shape index (κ1) is 19.9. The van der Waals surface area contributed by atoms with Gasteiger partial charge in [0, 0.05) is 34.7 Å². The summed E-state index contributed by atoms with van der Waals surface area (Å²) in [5.74, 6) is -0.965. The number of anilines is 2. The van der Waals surface area contributed by atoms with Gasteiger partial charge in [0.25, 0.3) is 11.8 Å². The van der Waals surface area contributed by atoms with Crippen molar-refractivity contribution in [3.05, 3.63) is 75.0 Å². The Morgan fingerprint density at radius 3 is 1.89 bits per heavy atom. The van der Waals surface area contributed by atoms with E-state index in [0.717, 1.165) is 11.1 Å². The van der Waals surface area contributed by atoms with Crippen LogP contribution < -0.4 is 10.6 Å². The summed E-state index contributed by atoms with van der Waals surface area (Å²) in [7, 11) is 1.64. The summed E-state index contributed by atoms with van der Waals surface area (Å²) in [6.45, 7) is 3.74. The van der Waals surface area contributed by atoms with Gasteiger partial charge < -0.3 is 10.6 Å². The van der Waals surface area contributed by atoms with Crippen molar-refractivity contribution in [1.29, 1.82) is 0 Å². The quantitative estimate of drug-likeness (QED) is 0.637. The summed E-state index contributed by atoms with van der Waals surface area (Å²) >= 11 is 12.2. The third-order valence-electron chi connectivity index (χ3n) is 4.15. The highest BCUT2D eigenvalue weighted by Crippen LogP contribution is 2.22. The monoisotopic (exact) mass is 416 g/mol. The number of benzene rings is 2. The topological polar surface area (TPSA) is 76.0 Å². The number of nitrogens with zero attached hydrogens (tertiary/aromatic N) is 2. The molecule has 144 valence electrons. The third-order valence-corrected chi connectivity index (χ3v) is 4.96. The lowest BCUT2D eigenvalue weighted by Crippen LogP contribution is -2.19. The first-order valence-electron chi connectivity index (χ1n) is 8.43. The second kappa shape index (κ2) is 8.04. The zero-order valence-corrected chi connectivity index (χ0v) is 17.0. The Morgan fingerprint density at radius 1 is 0.893 bits per heavy atom. The number of aromatic nitrogens is 2. The van der Waals surface area contributed by atoms with Crippen LogP contribution >= 0.6 is 23.2 Å². The fraction of sp³-hybridized carbons (Fsp3) is 0.150. The molecular weight excluding hydrogens is 399 g/mol. The van der Waals surface area contributed by atoms with Crippen LogP contribution in [0.1, 0.15) is 32.0 Å². The molecule has 0 atom stereocenters. The number of carbonyl (C=O) groups excluding carboxylic acids is 2. The standard InChI is InChI=1S/C20H18Cl2N4O2/c1-11-4-6-13(8-16(11)21)23-19(27)15-10-26(3)25-18(15)20(28)24-14-7-5-12(2)17(22)9-14/h4-10H,1-3H3,(H,23,27)(H,24,28). The van der Waals surface area contributed by atoms with Gasteiger partial charge in [0.1, 0.15) is 0 Å². The Morgan fingerprint density at radius 2 is 1.39 bits per heavy atom. The molecule has 3 aromatic rings. The summed E-state index contributed by atoms with van der Waals surface area (Å²) in [6, 6.07) is 10.4. The number of hydrogen-bond acceptors (Lipinski definition) is 3. The molecule has 0 aliphatic heterocycles. The summed E-state index contributed by atoms with van der Waals surface area (Å²) in [5.41, 5.74) is 3.00. The van der Waals surface area contributed by atoms with Crippen molar-refractivity contribution in [1.82, 2.24) is 9.78 Å². The Hall–Kier alpha value is -2.83. The Kier molecular flexibility index (Phi) is 5.72. The maximum absolute atomic E-state index is 12.7. The molecule has 8 heteroatoms. The number of carbonyl (C=O) groups is 2. The second-order valence-corrected chi connectivity index (χ2v) is 7.22. The molecule has 0 fully saturated rings. The number of amides is 2. The molecule has 2 amide bonds. The fourth-order valence-electron chi connectivity index (χ4n) is 2.55.